The molecule has 4 heterocycles. The van der Waals surface area contributed by atoms with Crippen molar-refractivity contribution in [1.82, 2.24) is 24.7 Å². The number of carbonyl (C=O) groups is 1. The number of aromatic nitrogens is 5. The number of rotatable bonds is 4. The summed E-state index contributed by atoms with van der Waals surface area (Å²) in [4.78, 5) is 37.0. The number of fused-ring (bicyclic) bond motifs is 2. The van der Waals surface area contributed by atoms with E-state index in [1.54, 1.807) is 23.0 Å². The van der Waals surface area contributed by atoms with Crippen LogP contribution in [0.3, 0.4) is 0 Å². The lowest BCUT2D eigenvalue weighted by atomic mass is 10.0. The van der Waals surface area contributed by atoms with E-state index >= 15 is 0 Å². The molecule has 0 radical (unpaired) electrons. The second-order valence-corrected chi connectivity index (χ2v) is 9.06. The van der Waals surface area contributed by atoms with E-state index < -0.39 is 17.8 Å². The highest BCUT2D eigenvalue weighted by molar-refractivity contribution is 14.1. The summed E-state index contributed by atoms with van der Waals surface area (Å²) in [7, 11) is 0. The molecule has 0 aliphatic rings. The van der Waals surface area contributed by atoms with E-state index in [1.165, 1.54) is 6.33 Å². The Balaban J connectivity index is 1.78. The van der Waals surface area contributed by atoms with Crippen LogP contribution in [-0.4, -0.2) is 35.9 Å². The summed E-state index contributed by atoms with van der Waals surface area (Å²) >= 11 is 3.19. The third-order valence-corrected chi connectivity index (χ3v) is 6.74. The number of nitrogen functional groups attached to an aromatic ring is 1. The summed E-state index contributed by atoms with van der Waals surface area (Å²) in [6.07, 6.45) is 1.67. The fourth-order valence-electron chi connectivity index (χ4n) is 3.64. The highest BCUT2D eigenvalue weighted by atomic mass is 127. The molecule has 33 heavy (non-hydrogen) atoms. The molecule has 0 saturated heterocycles. The summed E-state index contributed by atoms with van der Waals surface area (Å²) in [5, 5.41) is 17.7. The summed E-state index contributed by atoms with van der Waals surface area (Å²) in [5.74, 6) is 0.636. The van der Waals surface area contributed by atoms with Gasteiger partial charge in [0.05, 0.1) is 15.6 Å². The summed E-state index contributed by atoms with van der Waals surface area (Å²) in [5.41, 5.74) is 6.65. The maximum absolute atomic E-state index is 12.8. The van der Waals surface area contributed by atoms with Gasteiger partial charge in [0.25, 0.3) is 0 Å². The first kappa shape index (κ1) is 21.3. The first-order chi connectivity index (χ1) is 15.8. The number of hydrogen-bond acceptors (Lipinski definition) is 9. The Bertz CT molecular complexity index is 1610. The molecule has 1 amide bonds. The Hall–Kier alpha value is -3.59. The summed E-state index contributed by atoms with van der Waals surface area (Å²) in [6.45, 7) is 1.83. The minimum absolute atomic E-state index is 0.200. The highest BCUT2D eigenvalue weighted by Gasteiger charge is 2.26. The van der Waals surface area contributed by atoms with Crippen molar-refractivity contribution in [3.63, 3.8) is 0 Å². The van der Waals surface area contributed by atoms with Gasteiger partial charge in [0.15, 0.2) is 10.8 Å². The number of hydrogen-bond donors (Lipinski definition) is 3. The van der Waals surface area contributed by atoms with Crippen molar-refractivity contribution in [1.29, 1.82) is 0 Å². The van der Waals surface area contributed by atoms with E-state index in [1.807, 2.05) is 19.1 Å². The lowest BCUT2D eigenvalue weighted by Crippen LogP contribution is -2.14. The van der Waals surface area contributed by atoms with Crippen molar-refractivity contribution < 1.29 is 14.3 Å². The van der Waals surface area contributed by atoms with Crippen LogP contribution in [0.4, 0.5) is 15.7 Å². The van der Waals surface area contributed by atoms with Crippen LogP contribution in [0.2, 0.25) is 0 Å². The van der Waals surface area contributed by atoms with Crippen LogP contribution >= 0.6 is 33.9 Å². The largest absolute Gasteiger partial charge is 0.465 e. The molecule has 0 saturated carbocycles. The Kier molecular flexibility index (Phi) is 5.20. The fourth-order valence-corrected chi connectivity index (χ4v) is 5.26. The van der Waals surface area contributed by atoms with Crippen LogP contribution in [-0.2, 0) is 0 Å². The van der Waals surface area contributed by atoms with E-state index in [9.17, 15) is 9.59 Å². The van der Waals surface area contributed by atoms with Gasteiger partial charge in [-0.3, -0.25) is 5.32 Å². The van der Waals surface area contributed by atoms with Crippen molar-refractivity contribution in [2.75, 3.05) is 11.1 Å². The minimum atomic E-state index is -1.22. The lowest BCUT2D eigenvalue weighted by molar-refractivity contribution is 0.209. The summed E-state index contributed by atoms with van der Waals surface area (Å²) < 4.78 is 8.06. The standard InChI is InChI=1S/C20H14IN7O4S/c1-8(28-17-13(15(21)27-28)16(22)24-7-25-17)14-12(11-6-23-19(33-11)26-20(30)31)9-4-2-3-5-10(9)18(29)32-14/h2-8H,1H3,(H,23,26)(H,30,31)(H2,22,24,25). The molecule has 1 aromatic carbocycles. The number of halogens is 1. The average Bonchev–Trinajstić information content (AvgIpc) is 3.37. The molecule has 0 bridgehead atoms. The van der Waals surface area contributed by atoms with Gasteiger partial charge in [-0.25, -0.2) is 29.2 Å². The molecule has 4 aromatic heterocycles. The lowest BCUT2D eigenvalue weighted by Gasteiger charge is -2.16. The Morgan fingerprint density at radius 2 is 2.03 bits per heavy atom. The zero-order valence-corrected chi connectivity index (χ0v) is 19.8. The van der Waals surface area contributed by atoms with Crippen molar-refractivity contribution in [2.45, 2.75) is 13.0 Å². The number of anilines is 2. The SMILES string of the molecule is CC(c1oc(=O)c2ccccc2c1-c1cnc(NC(=O)O)s1)n1nc(I)c2c(N)ncnc21. The molecule has 11 nitrogen and oxygen atoms in total. The molecule has 1 atom stereocenters. The minimum Gasteiger partial charge on any atom is -0.465 e. The number of benzene rings is 1. The van der Waals surface area contributed by atoms with E-state index in [0.717, 1.165) is 11.3 Å². The number of nitrogens with one attached hydrogen (secondary N) is 1. The highest BCUT2D eigenvalue weighted by Crippen LogP contribution is 2.40. The number of amides is 1. The summed E-state index contributed by atoms with van der Waals surface area (Å²) in [6, 6.07) is 6.50. The van der Waals surface area contributed by atoms with Crippen LogP contribution in [0.25, 0.3) is 32.2 Å². The Morgan fingerprint density at radius 3 is 2.79 bits per heavy atom. The van der Waals surface area contributed by atoms with Crippen molar-refractivity contribution in [3.8, 4) is 10.4 Å². The predicted octanol–water partition coefficient (Wildman–Crippen LogP) is 3.94. The van der Waals surface area contributed by atoms with Gasteiger partial charge >= 0.3 is 11.7 Å². The number of carboxylic acid groups (broad SMARTS) is 1. The van der Waals surface area contributed by atoms with Gasteiger partial charge in [-0.15, -0.1) is 0 Å². The average molecular weight is 575 g/mol. The Labute approximate surface area is 202 Å². The topological polar surface area (TPSA) is 162 Å². The molecule has 0 aliphatic carbocycles. The fraction of sp³-hybridized carbons (Fsp3) is 0.100. The number of nitrogens with zero attached hydrogens (tertiary/aromatic N) is 5. The van der Waals surface area contributed by atoms with E-state index in [2.05, 4.69) is 48.0 Å². The maximum Gasteiger partial charge on any atom is 0.410 e. The van der Waals surface area contributed by atoms with Crippen LogP contribution in [0.15, 0.2) is 46.0 Å². The van der Waals surface area contributed by atoms with Crippen LogP contribution in [0.1, 0.15) is 18.7 Å². The number of thiazole rings is 1. The Morgan fingerprint density at radius 1 is 1.27 bits per heavy atom. The van der Waals surface area contributed by atoms with E-state index in [-0.39, 0.29) is 5.13 Å². The quantitative estimate of drug-likeness (QED) is 0.270. The van der Waals surface area contributed by atoms with Crippen molar-refractivity contribution in [2.24, 2.45) is 0 Å². The smallest absolute Gasteiger partial charge is 0.410 e. The van der Waals surface area contributed by atoms with Gasteiger partial charge in [0, 0.05) is 17.1 Å². The predicted molar refractivity (Wildman–Crippen MR) is 132 cm³/mol. The second kappa shape index (κ2) is 8.08. The molecule has 0 aliphatic heterocycles. The van der Waals surface area contributed by atoms with Crippen LogP contribution in [0.5, 0.6) is 0 Å². The molecular formula is C20H14IN7O4S. The van der Waals surface area contributed by atoms with Gasteiger partial charge in [-0.05, 0) is 35.6 Å². The second-order valence-electron chi connectivity index (χ2n) is 7.00. The molecule has 0 fully saturated rings. The normalized spacial score (nSPS) is 12.3. The van der Waals surface area contributed by atoms with Crippen LogP contribution in [0, 0.1) is 3.70 Å². The first-order valence-electron chi connectivity index (χ1n) is 9.51. The molecule has 4 N–H and O–H groups in total. The number of nitrogens with two attached hydrogens (primary N) is 1. The third kappa shape index (κ3) is 3.58. The third-order valence-electron chi connectivity index (χ3n) is 5.05. The van der Waals surface area contributed by atoms with Gasteiger partial charge in [-0.1, -0.05) is 29.5 Å². The zero-order valence-electron chi connectivity index (χ0n) is 16.8. The van der Waals surface area contributed by atoms with Gasteiger partial charge in [-0.2, -0.15) is 5.10 Å². The van der Waals surface area contributed by atoms with E-state index in [0.29, 0.717) is 47.5 Å². The monoisotopic (exact) mass is 575 g/mol. The van der Waals surface area contributed by atoms with Crippen LogP contribution < -0.4 is 16.7 Å². The molecule has 5 aromatic rings. The van der Waals surface area contributed by atoms with E-state index in [4.69, 9.17) is 15.3 Å². The molecule has 1 unspecified atom stereocenters. The molecule has 5 rings (SSSR count). The molecule has 13 heteroatoms. The molecule has 166 valence electrons. The molecular weight excluding hydrogens is 561 g/mol. The van der Waals surface area contributed by atoms with Crippen molar-refractivity contribution >= 4 is 72.8 Å². The van der Waals surface area contributed by atoms with Gasteiger partial charge < -0.3 is 15.3 Å². The maximum atomic E-state index is 12.8. The zero-order chi connectivity index (χ0) is 23.3. The van der Waals surface area contributed by atoms with Gasteiger partial charge in [0.2, 0.25) is 0 Å². The van der Waals surface area contributed by atoms with Gasteiger partial charge in [0.1, 0.15) is 27.6 Å². The molecule has 0 spiro atoms. The van der Waals surface area contributed by atoms with Crippen molar-refractivity contribution in [3.05, 3.63) is 56.7 Å². The first-order valence-corrected chi connectivity index (χ1v) is 11.4.